The van der Waals surface area contributed by atoms with Crippen molar-refractivity contribution in [1.29, 1.82) is 0 Å². The van der Waals surface area contributed by atoms with Gasteiger partial charge in [0.15, 0.2) is 0 Å². The minimum absolute atomic E-state index is 0. The van der Waals surface area contributed by atoms with E-state index in [9.17, 15) is 9.18 Å². The van der Waals surface area contributed by atoms with Gasteiger partial charge in [-0.3, -0.25) is 10.1 Å². The van der Waals surface area contributed by atoms with E-state index in [1.54, 1.807) is 19.1 Å². The first-order valence-electron chi connectivity index (χ1n) is 6.21. The molecule has 1 heterocycles. The number of rotatable bonds is 3. The summed E-state index contributed by atoms with van der Waals surface area (Å²) in [7, 11) is 0. The van der Waals surface area contributed by atoms with Crippen LogP contribution in [-0.4, -0.2) is 22.1 Å². The molecule has 5 nitrogen and oxygen atoms in total. The molecular weight excluding hydrogens is 350 g/mol. The third-order valence-corrected chi connectivity index (χ3v) is 4.00. The van der Waals surface area contributed by atoms with Crippen LogP contribution in [0.15, 0.2) is 18.2 Å². The molecule has 120 valence electrons. The maximum Gasteiger partial charge on any atom is 0.260 e. The van der Waals surface area contributed by atoms with Crippen LogP contribution in [0.1, 0.15) is 33.3 Å². The maximum atomic E-state index is 13.8. The second kappa shape index (κ2) is 7.32. The van der Waals surface area contributed by atoms with Gasteiger partial charge in [0.25, 0.3) is 5.91 Å². The number of nitrogens with two attached hydrogens (primary N) is 1. The number of aryl methyl sites for hydroxylation is 1. The van der Waals surface area contributed by atoms with Crippen LogP contribution in [0.3, 0.4) is 0 Å². The first-order chi connectivity index (χ1) is 9.54. The van der Waals surface area contributed by atoms with Gasteiger partial charge in [-0.05, 0) is 31.0 Å². The molecule has 0 aliphatic heterocycles. The summed E-state index contributed by atoms with van der Waals surface area (Å²) in [6.45, 7) is 1.78. The summed E-state index contributed by atoms with van der Waals surface area (Å²) in [5.74, 6) is -0.845. The zero-order valence-electron chi connectivity index (χ0n) is 11.6. The van der Waals surface area contributed by atoms with Gasteiger partial charge in [0.05, 0.1) is 5.56 Å². The van der Waals surface area contributed by atoms with Gasteiger partial charge in [0.2, 0.25) is 5.13 Å². The summed E-state index contributed by atoms with van der Waals surface area (Å²) >= 11 is 1.24. The molecule has 3 N–H and O–H groups in total. The SMILES string of the molecule is Cc1nnc(NC(=O)c2cc(C3CC3N)ccc2F)s1.Cl.Cl. The fourth-order valence-corrected chi connectivity index (χ4v) is 2.64. The zero-order chi connectivity index (χ0) is 14.3. The molecule has 1 aromatic carbocycles. The number of halogens is 3. The Bertz CT molecular complexity index is 682. The Balaban J connectivity index is 0.00000121. The lowest BCUT2D eigenvalue weighted by atomic mass is 10.1. The Kier molecular flexibility index (Phi) is 6.25. The standard InChI is InChI=1S/C13H13FN4OS.2ClH/c1-6-17-18-13(20-6)16-12(19)9-4-7(2-3-10(9)14)8-5-11(8)15;;/h2-4,8,11H,5,15H2,1H3,(H,16,18,19);2*1H. The number of amides is 1. The molecule has 0 radical (unpaired) electrons. The molecule has 2 atom stereocenters. The monoisotopic (exact) mass is 364 g/mol. The van der Waals surface area contributed by atoms with E-state index in [1.165, 1.54) is 17.4 Å². The van der Waals surface area contributed by atoms with Crippen LogP contribution < -0.4 is 11.1 Å². The highest BCUT2D eigenvalue weighted by Gasteiger charge is 2.35. The van der Waals surface area contributed by atoms with Crippen LogP contribution in [0.4, 0.5) is 9.52 Å². The highest BCUT2D eigenvalue weighted by molar-refractivity contribution is 7.15. The molecule has 0 spiro atoms. The average molecular weight is 365 g/mol. The molecule has 1 aliphatic rings. The molecular formula is C13H15Cl2FN4OS. The molecule has 9 heteroatoms. The molecule has 2 unspecified atom stereocenters. The third-order valence-electron chi connectivity index (χ3n) is 3.25. The molecule has 0 bridgehead atoms. The van der Waals surface area contributed by atoms with Crippen LogP contribution in [0.5, 0.6) is 0 Å². The first-order valence-corrected chi connectivity index (χ1v) is 7.02. The first kappa shape index (κ1) is 18.8. The number of hydrogen-bond donors (Lipinski definition) is 2. The molecule has 1 aliphatic carbocycles. The molecule has 1 amide bonds. The second-order valence-corrected chi connectivity index (χ2v) is 6.01. The molecule has 22 heavy (non-hydrogen) atoms. The number of benzene rings is 1. The van der Waals surface area contributed by atoms with E-state index >= 15 is 0 Å². The predicted octanol–water partition coefficient (Wildman–Crippen LogP) is 2.90. The van der Waals surface area contributed by atoms with Crippen molar-refractivity contribution in [2.45, 2.75) is 25.3 Å². The topological polar surface area (TPSA) is 80.9 Å². The van der Waals surface area contributed by atoms with E-state index in [4.69, 9.17) is 5.73 Å². The van der Waals surface area contributed by atoms with E-state index in [-0.39, 0.29) is 42.3 Å². The van der Waals surface area contributed by atoms with Gasteiger partial charge in [0.1, 0.15) is 10.8 Å². The number of hydrogen-bond acceptors (Lipinski definition) is 5. The summed E-state index contributed by atoms with van der Waals surface area (Å²) < 4.78 is 13.8. The van der Waals surface area contributed by atoms with Crippen LogP contribution in [0, 0.1) is 12.7 Å². The van der Waals surface area contributed by atoms with Crippen molar-refractivity contribution in [2.75, 3.05) is 5.32 Å². The van der Waals surface area contributed by atoms with Gasteiger partial charge < -0.3 is 5.73 Å². The van der Waals surface area contributed by atoms with Crippen molar-refractivity contribution in [3.63, 3.8) is 0 Å². The van der Waals surface area contributed by atoms with Crippen LogP contribution >= 0.6 is 36.2 Å². The number of nitrogens with zero attached hydrogens (tertiary/aromatic N) is 2. The van der Waals surface area contributed by atoms with Crippen molar-refractivity contribution in [1.82, 2.24) is 10.2 Å². The summed E-state index contributed by atoms with van der Waals surface area (Å²) in [5, 5.41) is 11.2. The average Bonchev–Trinajstić information content (AvgIpc) is 2.99. The number of nitrogens with one attached hydrogen (secondary N) is 1. The summed E-state index contributed by atoms with van der Waals surface area (Å²) in [4.78, 5) is 12.1. The van der Waals surface area contributed by atoms with E-state index < -0.39 is 11.7 Å². The minimum atomic E-state index is -0.554. The number of carbonyl (C=O) groups is 1. The third kappa shape index (κ3) is 3.92. The maximum absolute atomic E-state index is 13.8. The van der Waals surface area contributed by atoms with Gasteiger partial charge in [-0.15, -0.1) is 35.0 Å². The van der Waals surface area contributed by atoms with Crippen molar-refractivity contribution in [2.24, 2.45) is 5.73 Å². The molecule has 3 rings (SSSR count). The Morgan fingerprint density at radius 1 is 1.41 bits per heavy atom. The van der Waals surface area contributed by atoms with Gasteiger partial charge in [-0.1, -0.05) is 17.4 Å². The summed E-state index contributed by atoms with van der Waals surface area (Å²) in [5.41, 5.74) is 6.69. The number of aromatic nitrogens is 2. The second-order valence-electron chi connectivity index (χ2n) is 4.83. The van der Waals surface area contributed by atoms with E-state index in [1.807, 2.05) is 0 Å². The predicted molar refractivity (Wildman–Crippen MR) is 88.8 cm³/mol. The Labute approximate surface area is 143 Å². The summed E-state index contributed by atoms with van der Waals surface area (Å²) in [6.07, 6.45) is 0.877. The quantitative estimate of drug-likeness (QED) is 0.877. The van der Waals surface area contributed by atoms with Crippen molar-refractivity contribution in [3.05, 3.63) is 40.2 Å². The Morgan fingerprint density at radius 3 is 2.64 bits per heavy atom. The number of anilines is 1. The number of carbonyl (C=O) groups excluding carboxylic acids is 1. The van der Waals surface area contributed by atoms with Gasteiger partial charge >= 0.3 is 0 Å². The molecule has 1 saturated carbocycles. The highest BCUT2D eigenvalue weighted by atomic mass is 35.5. The molecule has 1 aromatic heterocycles. The van der Waals surface area contributed by atoms with Crippen molar-refractivity contribution >= 4 is 47.2 Å². The minimum Gasteiger partial charge on any atom is -0.327 e. The van der Waals surface area contributed by atoms with Gasteiger partial charge in [0, 0.05) is 12.0 Å². The largest absolute Gasteiger partial charge is 0.327 e. The van der Waals surface area contributed by atoms with Crippen LogP contribution in [-0.2, 0) is 0 Å². The lowest BCUT2D eigenvalue weighted by Gasteiger charge is -2.06. The smallest absolute Gasteiger partial charge is 0.260 e. The van der Waals surface area contributed by atoms with Crippen molar-refractivity contribution < 1.29 is 9.18 Å². The van der Waals surface area contributed by atoms with E-state index in [2.05, 4.69) is 15.5 Å². The van der Waals surface area contributed by atoms with E-state index in [0.29, 0.717) is 5.13 Å². The van der Waals surface area contributed by atoms with Gasteiger partial charge in [-0.25, -0.2) is 4.39 Å². The molecule has 1 fully saturated rings. The normalized spacial score (nSPS) is 18.9. The van der Waals surface area contributed by atoms with Crippen LogP contribution in [0.25, 0.3) is 0 Å². The lowest BCUT2D eigenvalue weighted by Crippen LogP contribution is -2.14. The Morgan fingerprint density at radius 2 is 2.09 bits per heavy atom. The zero-order valence-corrected chi connectivity index (χ0v) is 14.0. The fourth-order valence-electron chi connectivity index (χ4n) is 2.06. The lowest BCUT2D eigenvalue weighted by molar-refractivity contribution is 0.102. The highest BCUT2D eigenvalue weighted by Crippen LogP contribution is 2.39. The van der Waals surface area contributed by atoms with Crippen molar-refractivity contribution in [3.8, 4) is 0 Å². The fraction of sp³-hybridized carbons (Fsp3) is 0.308. The van der Waals surface area contributed by atoms with Crippen LogP contribution in [0.2, 0.25) is 0 Å². The van der Waals surface area contributed by atoms with E-state index in [0.717, 1.165) is 17.0 Å². The Hall–Kier alpha value is -1.28. The molecule has 0 saturated heterocycles. The molecule has 2 aromatic rings. The summed E-state index contributed by atoms with van der Waals surface area (Å²) in [6, 6.07) is 4.66. The van der Waals surface area contributed by atoms with Gasteiger partial charge in [-0.2, -0.15) is 0 Å².